The Morgan fingerprint density at radius 2 is 1.93 bits per heavy atom. The Morgan fingerprint density at radius 1 is 1.17 bits per heavy atom. The minimum Gasteiger partial charge on any atom is -0.493 e. The van der Waals surface area contributed by atoms with Crippen LogP contribution in [0.4, 0.5) is 8.78 Å². The zero-order valence-electron chi connectivity index (χ0n) is 15.4. The van der Waals surface area contributed by atoms with Crippen molar-refractivity contribution in [3.05, 3.63) is 71.9 Å². The van der Waals surface area contributed by atoms with E-state index < -0.39 is 12.6 Å². The fourth-order valence-corrected chi connectivity index (χ4v) is 2.50. The Labute approximate surface area is 165 Å². The summed E-state index contributed by atoms with van der Waals surface area (Å²) in [5.41, 5.74) is 1.21. The van der Waals surface area contributed by atoms with Crippen LogP contribution in [0, 0.1) is 0 Å². The lowest BCUT2D eigenvalue weighted by molar-refractivity contribution is -0.129. The molecule has 8 heteroatoms. The zero-order valence-corrected chi connectivity index (χ0v) is 15.4. The van der Waals surface area contributed by atoms with Crippen molar-refractivity contribution >= 4 is 17.9 Å². The number of halogens is 2. The Morgan fingerprint density at radius 3 is 2.59 bits per heavy atom. The molecule has 1 aliphatic heterocycles. The molecule has 150 valence electrons. The molecule has 0 aliphatic carbocycles. The minimum absolute atomic E-state index is 0.0362. The lowest BCUT2D eigenvalue weighted by atomic mass is 10.2. The Balaban J connectivity index is 1.82. The van der Waals surface area contributed by atoms with Crippen LogP contribution in [0.3, 0.4) is 0 Å². The van der Waals surface area contributed by atoms with Gasteiger partial charge in [-0.2, -0.15) is 8.78 Å². The number of hydrogen-bond donors (Lipinski definition) is 0. The molecule has 0 fully saturated rings. The molecule has 0 radical (unpaired) electrons. The molecular weight excluding hydrogens is 384 g/mol. The number of alkyl halides is 2. The second-order valence-corrected chi connectivity index (χ2v) is 5.75. The van der Waals surface area contributed by atoms with Gasteiger partial charge in [0.1, 0.15) is 12.4 Å². The first-order valence-electron chi connectivity index (χ1n) is 8.49. The molecule has 0 atom stereocenters. The van der Waals surface area contributed by atoms with Gasteiger partial charge in [-0.1, -0.05) is 24.8 Å². The third kappa shape index (κ3) is 4.98. The first-order chi connectivity index (χ1) is 14.0. The lowest BCUT2D eigenvalue weighted by Gasteiger charge is -2.10. The number of carbonyl (C=O) groups excluding carboxylic acids is 1. The van der Waals surface area contributed by atoms with Crippen LogP contribution in [0.15, 0.2) is 65.8 Å². The summed E-state index contributed by atoms with van der Waals surface area (Å²) in [6, 6.07) is 11.2. The molecule has 0 unspecified atom stereocenters. The van der Waals surface area contributed by atoms with Gasteiger partial charge in [0.15, 0.2) is 17.2 Å². The number of methoxy groups -OCH3 is 1. The van der Waals surface area contributed by atoms with E-state index in [9.17, 15) is 13.6 Å². The highest BCUT2D eigenvalue weighted by Gasteiger charge is 2.25. The number of hydrogen-bond acceptors (Lipinski definition) is 6. The third-order valence-corrected chi connectivity index (χ3v) is 3.80. The molecule has 1 aliphatic rings. The number of carbonyl (C=O) groups is 1. The number of rotatable bonds is 8. The van der Waals surface area contributed by atoms with Crippen LogP contribution in [0.25, 0.3) is 6.08 Å². The fourth-order valence-electron chi connectivity index (χ4n) is 2.50. The van der Waals surface area contributed by atoms with Crippen molar-refractivity contribution in [3.8, 4) is 17.2 Å². The van der Waals surface area contributed by atoms with Gasteiger partial charge in [0.05, 0.1) is 7.11 Å². The molecule has 1 heterocycles. The van der Waals surface area contributed by atoms with E-state index in [2.05, 4.69) is 16.3 Å². The molecular formula is C21H17F2NO5. The number of nitrogens with zero attached hydrogens (tertiary/aromatic N) is 1. The van der Waals surface area contributed by atoms with Gasteiger partial charge in [0, 0.05) is 5.56 Å². The predicted molar refractivity (Wildman–Crippen MR) is 102 cm³/mol. The highest BCUT2D eigenvalue weighted by atomic mass is 19.3. The van der Waals surface area contributed by atoms with E-state index in [1.54, 1.807) is 36.4 Å². The molecule has 3 rings (SSSR count). The predicted octanol–water partition coefficient (Wildman–Crippen LogP) is 4.21. The van der Waals surface area contributed by atoms with E-state index in [4.69, 9.17) is 14.2 Å². The van der Waals surface area contributed by atoms with Gasteiger partial charge in [-0.05, 0) is 42.0 Å². The maximum Gasteiger partial charge on any atom is 0.387 e. The Bertz CT molecular complexity index is 968. The lowest BCUT2D eigenvalue weighted by Crippen LogP contribution is -2.07. The maximum atomic E-state index is 12.4. The Hall–Kier alpha value is -3.68. The molecule has 2 aromatic rings. The monoisotopic (exact) mass is 401 g/mol. The third-order valence-electron chi connectivity index (χ3n) is 3.80. The number of benzene rings is 2. The summed E-state index contributed by atoms with van der Waals surface area (Å²) in [5.74, 6) is 0.0103. The van der Waals surface area contributed by atoms with Gasteiger partial charge < -0.3 is 18.9 Å². The van der Waals surface area contributed by atoms with Crippen molar-refractivity contribution in [2.75, 3.05) is 13.7 Å². The van der Waals surface area contributed by atoms with Crippen molar-refractivity contribution < 1.29 is 32.5 Å². The molecule has 0 saturated heterocycles. The van der Waals surface area contributed by atoms with Crippen molar-refractivity contribution in [2.45, 2.75) is 6.61 Å². The molecule has 0 bridgehead atoms. The molecule has 6 nitrogen and oxygen atoms in total. The van der Waals surface area contributed by atoms with Crippen LogP contribution < -0.4 is 14.2 Å². The van der Waals surface area contributed by atoms with E-state index in [1.807, 2.05) is 0 Å². The van der Waals surface area contributed by atoms with E-state index in [1.165, 1.54) is 25.3 Å². The van der Waals surface area contributed by atoms with Crippen LogP contribution >= 0.6 is 0 Å². The molecule has 0 aromatic heterocycles. The highest BCUT2D eigenvalue weighted by Crippen LogP contribution is 2.31. The first-order valence-corrected chi connectivity index (χ1v) is 8.49. The van der Waals surface area contributed by atoms with Crippen LogP contribution in [-0.2, 0) is 9.53 Å². The summed E-state index contributed by atoms with van der Waals surface area (Å²) < 4.78 is 44.9. The normalized spacial score (nSPS) is 14.6. The van der Waals surface area contributed by atoms with Gasteiger partial charge in [-0.25, -0.2) is 9.79 Å². The quantitative estimate of drug-likeness (QED) is 0.377. The van der Waals surface area contributed by atoms with Crippen molar-refractivity contribution in [1.82, 2.24) is 0 Å². The smallest absolute Gasteiger partial charge is 0.387 e. The van der Waals surface area contributed by atoms with Crippen molar-refractivity contribution in [1.29, 1.82) is 0 Å². The largest absolute Gasteiger partial charge is 0.493 e. The Kier molecular flexibility index (Phi) is 6.23. The van der Waals surface area contributed by atoms with E-state index in [0.29, 0.717) is 17.9 Å². The number of cyclic esters (lactones) is 1. The van der Waals surface area contributed by atoms with Crippen molar-refractivity contribution in [2.24, 2.45) is 4.99 Å². The average Bonchev–Trinajstić information content (AvgIpc) is 3.07. The SMILES string of the molecule is C=CCOc1ccc(C=C2N=C(c3ccc(OC(F)F)c(OC)c3)OC2=O)cc1. The van der Waals surface area contributed by atoms with Gasteiger partial charge in [-0.15, -0.1) is 0 Å². The van der Waals surface area contributed by atoms with Gasteiger partial charge in [0.25, 0.3) is 0 Å². The number of ether oxygens (including phenoxy) is 4. The summed E-state index contributed by atoms with van der Waals surface area (Å²) in [6.45, 7) is 0.989. The van der Waals surface area contributed by atoms with E-state index in [-0.39, 0.29) is 23.1 Å². The first kappa shape index (κ1) is 20.1. The highest BCUT2D eigenvalue weighted by molar-refractivity contribution is 6.13. The number of aliphatic imine (C=N–C) groups is 1. The molecule has 0 spiro atoms. The average molecular weight is 401 g/mol. The molecule has 29 heavy (non-hydrogen) atoms. The van der Waals surface area contributed by atoms with Crippen molar-refractivity contribution in [3.63, 3.8) is 0 Å². The molecule has 0 amide bonds. The van der Waals surface area contributed by atoms with E-state index in [0.717, 1.165) is 5.56 Å². The van der Waals surface area contributed by atoms with Crippen LogP contribution in [-0.4, -0.2) is 32.2 Å². The second kappa shape index (κ2) is 9.01. The fraction of sp³-hybridized carbons (Fsp3) is 0.143. The van der Waals surface area contributed by atoms with E-state index >= 15 is 0 Å². The standard InChI is InChI=1S/C21H17F2NO5/c1-3-10-27-15-7-4-13(5-8-15)11-16-20(25)29-19(24-16)14-6-9-17(28-21(22)23)18(12-14)26-2/h3-9,11-12,21H,1,10H2,2H3. The summed E-state index contributed by atoms with van der Waals surface area (Å²) >= 11 is 0. The van der Waals surface area contributed by atoms with Crippen LogP contribution in [0.5, 0.6) is 17.2 Å². The second-order valence-electron chi connectivity index (χ2n) is 5.75. The topological polar surface area (TPSA) is 66.3 Å². The maximum absolute atomic E-state index is 12.4. The molecule has 0 N–H and O–H groups in total. The summed E-state index contributed by atoms with van der Waals surface area (Å²) in [7, 11) is 1.31. The number of esters is 1. The summed E-state index contributed by atoms with van der Waals surface area (Å²) in [4.78, 5) is 16.3. The van der Waals surface area contributed by atoms with Gasteiger partial charge >= 0.3 is 12.6 Å². The van der Waals surface area contributed by atoms with Crippen LogP contribution in [0.1, 0.15) is 11.1 Å². The molecule has 2 aromatic carbocycles. The summed E-state index contributed by atoms with van der Waals surface area (Å²) in [5, 5.41) is 0. The van der Waals surface area contributed by atoms with Gasteiger partial charge in [0.2, 0.25) is 5.90 Å². The summed E-state index contributed by atoms with van der Waals surface area (Å²) in [6.07, 6.45) is 3.21. The zero-order chi connectivity index (χ0) is 20.8. The molecule has 0 saturated carbocycles. The van der Waals surface area contributed by atoms with Gasteiger partial charge in [-0.3, -0.25) is 0 Å². The minimum atomic E-state index is -2.99. The van der Waals surface area contributed by atoms with Crippen LogP contribution in [0.2, 0.25) is 0 Å².